The minimum Gasteiger partial charge on any atom is -0.298 e. The second-order valence-electron chi connectivity index (χ2n) is 5.87. The lowest BCUT2D eigenvalue weighted by atomic mass is 10.0. The molecule has 0 spiro atoms. The third-order valence-electron chi connectivity index (χ3n) is 4.33. The molecule has 6 heteroatoms. The summed E-state index contributed by atoms with van der Waals surface area (Å²) >= 11 is 1.30. The Morgan fingerprint density at radius 1 is 0.923 bits per heavy atom. The SMILES string of the molecule is O=c1[nH]c2scc(-c3ccc(-c4ccccc4)cc3)c2c(=O)n1CCF. The van der Waals surface area contributed by atoms with Gasteiger partial charge in [0.15, 0.2) is 0 Å². The van der Waals surface area contributed by atoms with Crippen molar-refractivity contribution >= 4 is 21.6 Å². The van der Waals surface area contributed by atoms with Crippen molar-refractivity contribution in [3.8, 4) is 22.3 Å². The molecule has 4 aromatic rings. The van der Waals surface area contributed by atoms with Gasteiger partial charge in [-0.1, -0.05) is 54.6 Å². The molecule has 26 heavy (non-hydrogen) atoms. The van der Waals surface area contributed by atoms with Crippen molar-refractivity contribution in [1.29, 1.82) is 0 Å². The molecule has 4 rings (SSSR count). The first-order valence-electron chi connectivity index (χ1n) is 8.15. The normalized spacial score (nSPS) is 11.1. The Kier molecular flexibility index (Phi) is 4.26. The van der Waals surface area contributed by atoms with E-state index in [1.807, 2.05) is 60.0 Å². The van der Waals surface area contributed by atoms with E-state index in [4.69, 9.17) is 0 Å². The lowest BCUT2D eigenvalue weighted by Gasteiger charge is -2.05. The summed E-state index contributed by atoms with van der Waals surface area (Å²) in [5.74, 6) is 0. The molecule has 0 atom stereocenters. The Morgan fingerprint density at radius 3 is 2.27 bits per heavy atom. The van der Waals surface area contributed by atoms with Crippen molar-refractivity contribution in [3.05, 3.63) is 80.8 Å². The number of benzene rings is 2. The van der Waals surface area contributed by atoms with Gasteiger partial charge in [0.05, 0.1) is 11.9 Å². The molecule has 0 aliphatic carbocycles. The molecule has 130 valence electrons. The lowest BCUT2D eigenvalue weighted by Crippen LogP contribution is -2.35. The van der Waals surface area contributed by atoms with Crippen LogP contribution in [0, 0.1) is 0 Å². The maximum Gasteiger partial charge on any atom is 0.329 e. The molecule has 2 aromatic carbocycles. The van der Waals surface area contributed by atoms with E-state index < -0.39 is 17.9 Å². The summed E-state index contributed by atoms with van der Waals surface area (Å²) in [5.41, 5.74) is 2.80. The Hall–Kier alpha value is -2.99. The molecule has 2 heterocycles. The highest BCUT2D eigenvalue weighted by molar-refractivity contribution is 7.17. The highest BCUT2D eigenvalue weighted by Gasteiger charge is 2.15. The van der Waals surface area contributed by atoms with Gasteiger partial charge in [-0.05, 0) is 16.7 Å². The molecular formula is C20H15FN2O2S. The molecule has 4 nitrogen and oxygen atoms in total. The molecule has 0 amide bonds. The Balaban J connectivity index is 1.83. The molecule has 0 saturated carbocycles. The number of aromatic amines is 1. The van der Waals surface area contributed by atoms with E-state index in [0.717, 1.165) is 26.8 Å². The van der Waals surface area contributed by atoms with Crippen LogP contribution in [0.5, 0.6) is 0 Å². The van der Waals surface area contributed by atoms with Gasteiger partial charge in [0.25, 0.3) is 5.56 Å². The molecule has 0 aliphatic heterocycles. The number of nitrogens with zero attached hydrogens (tertiary/aromatic N) is 1. The van der Waals surface area contributed by atoms with Gasteiger partial charge in [0.1, 0.15) is 11.5 Å². The first kappa shape index (κ1) is 16.5. The molecule has 0 radical (unpaired) electrons. The second-order valence-corrected chi connectivity index (χ2v) is 6.75. The number of nitrogens with one attached hydrogen (secondary N) is 1. The quantitative estimate of drug-likeness (QED) is 0.592. The summed E-state index contributed by atoms with van der Waals surface area (Å²) in [5, 5.41) is 2.27. The van der Waals surface area contributed by atoms with Crippen LogP contribution in [-0.4, -0.2) is 16.2 Å². The average Bonchev–Trinajstić information content (AvgIpc) is 3.10. The molecule has 0 saturated heterocycles. The lowest BCUT2D eigenvalue weighted by molar-refractivity contribution is 0.434. The van der Waals surface area contributed by atoms with Crippen molar-refractivity contribution in [2.45, 2.75) is 6.54 Å². The second kappa shape index (κ2) is 6.72. The van der Waals surface area contributed by atoms with Crippen LogP contribution in [0.3, 0.4) is 0 Å². The monoisotopic (exact) mass is 366 g/mol. The van der Waals surface area contributed by atoms with Gasteiger partial charge < -0.3 is 0 Å². The predicted molar refractivity (Wildman–Crippen MR) is 104 cm³/mol. The van der Waals surface area contributed by atoms with E-state index in [9.17, 15) is 14.0 Å². The molecule has 0 fully saturated rings. The zero-order valence-corrected chi connectivity index (χ0v) is 14.6. The molecule has 0 unspecified atom stereocenters. The first-order valence-corrected chi connectivity index (χ1v) is 9.03. The van der Waals surface area contributed by atoms with E-state index in [1.54, 1.807) is 0 Å². The number of thiophene rings is 1. The molecule has 1 N–H and O–H groups in total. The first-order chi connectivity index (χ1) is 12.7. The van der Waals surface area contributed by atoms with Crippen LogP contribution in [0.1, 0.15) is 0 Å². The van der Waals surface area contributed by atoms with Gasteiger partial charge in [-0.25, -0.2) is 9.18 Å². The molecular weight excluding hydrogens is 351 g/mol. The van der Waals surface area contributed by atoms with Crippen LogP contribution in [0.4, 0.5) is 4.39 Å². The van der Waals surface area contributed by atoms with Crippen LogP contribution in [0.15, 0.2) is 69.6 Å². The largest absolute Gasteiger partial charge is 0.329 e. The number of hydrogen-bond donors (Lipinski definition) is 1. The van der Waals surface area contributed by atoms with E-state index in [2.05, 4.69) is 4.98 Å². The van der Waals surface area contributed by atoms with E-state index in [1.165, 1.54) is 11.3 Å². The number of halogens is 1. The van der Waals surface area contributed by atoms with Gasteiger partial charge in [0, 0.05) is 10.9 Å². The fourth-order valence-electron chi connectivity index (χ4n) is 3.03. The van der Waals surface area contributed by atoms with Crippen LogP contribution >= 0.6 is 11.3 Å². The number of aromatic nitrogens is 2. The standard InChI is InChI=1S/C20H15FN2O2S/c21-10-11-23-19(24)17-16(12-26-18(17)22-20(23)25)15-8-6-14(7-9-15)13-4-2-1-3-5-13/h1-9,12H,10-11H2,(H,22,25). The van der Waals surface area contributed by atoms with Gasteiger partial charge in [0.2, 0.25) is 0 Å². The highest BCUT2D eigenvalue weighted by atomic mass is 32.1. The van der Waals surface area contributed by atoms with Crippen molar-refractivity contribution in [2.75, 3.05) is 6.67 Å². The van der Waals surface area contributed by atoms with Gasteiger partial charge in [-0.15, -0.1) is 11.3 Å². The van der Waals surface area contributed by atoms with Crippen molar-refractivity contribution in [1.82, 2.24) is 9.55 Å². The fourth-order valence-corrected chi connectivity index (χ4v) is 3.98. The topological polar surface area (TPSA) is 54.9 Å². The number of fused-ring (bicyclic) bond motifs is 1. The maximum atomic E-state index is 12.7. The summed E-state index contributed by atoms with van der Waals surface area (Å²) in [7, 11) is 0. The fraction of sp³-hybridized carbons (Fsp3) is 0.100. The zero-order chi connectivity index (χ0) is 18.1. The Labute approximate surface area is 152 Å². The van der Waals surface area contributed by atoms with Gasteiger partial charge >= 0.3 is 5.69 Å². The van der Waals surface area contributed by atoms with Crippen molar-refractivity contribution in [2.24, 2.45) is 0 Å². The summed E-state index contributed by atoms with van der Waals surface area (Å²) < 4.78 is 13.6. The summed E-state index contributed by atoms with van der Waals surface area (Å²) in [4.78, 5) is 27.8. The van der Waals surface area contributed by atoms with E-state index >= 15 is 0 Å². The van der Waals surface area contributed by atoms with Crippen LogP contribution in [0.2, 0.25) is 0 Å². The highest BCUT2D eigenvalue weighted by Crippen LogP contribution is 2.31. The summed E-state index contributed by atoms with van der Waals surface area (Å²) in [6.07, 6.45) is 0. The van der Waals surface area contributed by atoms with E-state index in [-0.39, 0.29) is 6.54 Å². The average molecular weight is 366 g/mol. The number of alkyl halides is 1. The van der Waals surface area contributed by atoms with Crippen molar-refractivity contribution < 1.29 is 4.39 Å². The smallest absolute Gasteiger partial charge is 0.298 e. The predicted octanol–water partition coefficient (Wildman–Crippen LogP) is 4.05. The van der Waals surface area contributed by atoms with Gasteiger partial charge in [-0.2, -0.15) is 0 Å². The van der Waals surface area contributed by atoms with Crippen LogP contribution in [0.25, 0.3) is 32.5 Å². The summed E-state index contributed by atoms with van der Waals surface area (Å²) in [6.45, 7) is -1.01. The van der Waals surface area contributed by atoms with Crippen LogP contribution < -0.4 is 11.2 Å². The third kappa shape index (κ3) is 2.78. The van der Waals surface area contributed by atoms with Crippen molar-refractivity contribution in [3.63, 3.8) is 0 Å². The molecule has 2 aromatic heterocycles. The Morgan fingerprint density at radius 2 is 1.58 bits per heavy atom. The minimum atomic E-state index is -0.764. The number of H-pyrrole nitrogens is 1. The number of rotatable bonds is 4. The minimum absolute atomic E-state index is 0.244. The third-order valence-corrected chi connectivity index (χ3v) is 5.22. The van der Waals surface area contributed by atoms with Gasteiger partial charge in [-0.3, -0.25) is 14.3 Å². The molecule has 0 bridgehead atoms. The zero-order valence-electron chi connectivity index (χ0n) is 13.7. The Bertz CT molecular complexity index is 1170. The van der Waals surface area contributed by atoms with Crippen LogP contribution in [-0.2, 0) is 6.54 Å². The maximum absolute atomic E-state index is 12.7. The number of hydrogen-bond acceptors (Lipinski definition) is 3. The summed E-state index contributed by atoms with van der Waals surface area (Å²) in [6, 6.07) is 17.9. The molecule has 0 aliphatic rings. The van der Waals surface area contributed by atoms with E-state index in [0.29, 0.717) is 10.2 Å².